The number of rotatable bonds is 4. The molecule has 28 heavy (non-hydrogen) atoms. The van der Waals surface area contributed by atoms with Crippen LogP contribution in [0.15, 0.2) is 41.6 Å². The molecule has 3 aromatic rings. The van der Waals surface area contributed by atoms with E-state index in [0.29, 0.717) is 22.6 Å². The molecule has 1 fully saturated rings. The summed E-state index contributed by atoms with van der Waals surface area (Å²) < 4.78 is 15.9. The Morgan fingerprint density at radius 1 is 1.25 bits per heavy atom. The zero-order valence-electron chi connectivity index (χ0n) is 15.6. The lowest BCUT2D eigenvalue weighted by Crippen LogP contribution is -2.43. The lowest BCUT2D eigenvalue weighted by atomic mass is 9.86. The molecule has 0 bridgehead atoms. The highest BCUT2D eigenvalue weighted by Crippen LogP contribution is 2.23. The van der Waals surface area contributed by atoms with E-state index in [1.165, 1.54) is 40.3 Å². The van der Waals surface area contributed by atoms with Gasteiger partial charge < -0.3 is 5.32 Å². The fraction of sp³-hybridized carbons (Fsp3) is 0.400. The van der Waals surface area contributed by atoms with Gasteiger partial charge in [-0.2, -0.15) is 5.10 Å². The van der Waals surface area contributed by atoms with Crippen LogP contribution in [0, 0.1) is 11.7 Å². The van der Waals surface area contributed by atoms with Crippen LogP contribution < -0.4 is 10.9 Å². The second kappa shape index (κ2) is 7.53. The van der Waals surface area contributed by atoms with Gasteiger partial charge in [-0.15, -0.1) is 0 Å². The summed E-state index contributed by atoms with van der Waals surface area (Å²) in [6.07, 6.45) is 7.18. The molecular formula is C20H22FN5O2. The fourth-order valence-electron chi connectivity index (χ4n) is 3.77. The van der Waals surface area contributed by atoms with Crippen molar-refractivity contribution in [1.29, 1.82) is 0 Å². The van der Waals surface area contributed by atoms with E-state index in [4.69, 9.17) is 0 Å². The minimum absolute atomic E-state index is 0.0767. The number of aromatic nitrogens is 4. The number of nitrogens with zero attached hydrogens (tertiary/aromatic N) is 4. The van der Waals surface area contributed by atoms with Gasteiger partial charge in [0, 0.05) is 6.04 Å². The molecule has 2 aromatic heterocycles. The summed E-state index contributed by atoms with van der Waals surface area (Å²) in [5, 5.41) is 7.55. The standard InChI is InChI=1S/C20H22FN5O2/c1-13-4-2-3-5-17(13)24-18(27)11-25-12-22-19-16(20(25)28)10-23-26(19)15-8-6-14(21)7-9-15/h6-10,12-13,17H,2-5,11H2,1H3,(H,24,27)/t13-,17-/m0/s1. The lowest BCUT2D eigenvalue weighted by molar-refractivity contribution is -0.123. The molecule has 8 heteroatoms. The van der Waals surface area contributed by atoms with E-state index in [1.807, 2.05) is 0 Å². The number of fused-ring (bicyclic) bond motifs is 1. The molecule has 1 amide bonds. The molecule has 0 unspecified atom stereocenters. The minimum atomic E-state index is -0.353. The second-order valence-corrected chi connectivity index (χ2v) is 7.38. The third-order valence-corrected chi connectivity index (χ3v) is 5.40. The van der Waals surface area contributed by atoms with Crippen LogP contribution in [0.5, 0.6) is 0 Å². The van der Waals surface area contributed by atoms with Gasteiger partial charge in [0.05, 0.1) is 11.9 Å². The van der Waals surface area contributed by atoms with Crippen LogP contribution in [-0.4, -0.2) is 31.3 Å². The summed E-state index contributed by atoms with van der Waals surface area (Å²) in [7, 11) is 0. The first-order chi connectivity index (χ1) is 13.5. The van der Waals surface area contributed by atoms with Crippen LogP contribution in [0.3, 0.4) is 0 Å². The number of benzene rings is 1. The number of carbonyl (C=O) groups is 1. The van der Waals surface area contributed by atoms with Crippen molar-refractivity contribution in [3.8, 4) is 5.69 Å². The maximum Gasteiger partial charge on any atom is 0.264 e. The summed E-state index contributed by atoms with van der Waals surface area (Å²) >= 11 is 0. The van der Waals surface area contributed by atoms with Crippen molar-refractivity contribution in [2.75, 3.05) is 0 Å². The summed E-state index contributed by atoms with van der Waals surface area (Å²) in [5.41, 5.74) is 0.643. The highest BCUT2D eigenvalue weighted by Gasteiger charge is 2.23. The summed E-state index contributed by atoms with van der Waals surface area (Å²) in [6.45, 7) is 2.07. The summed E-state index contributed by atoms with van der Waals surface area (Å²) in [5.74, 6) is -0.0919. The molecule has 1 N–H and O–H groups in total. The molecule has 0 saturated heterocycles. The number of hydrogen-bond donors (Lipinski definition) is 1. The Kier molecular flexibility index (Phi) is 4.93. The normalized spacial score (nSPS) is 19.6. The van der Waals surface area contributed by atoms with E-state index < -0.39 is 0 Å². The first-order valence-corrected chi connectivity index (χ1v) is 9.51. The maximum atomic E-state index is 13.1. The molecule has 1 aliphatic rings. The number of halogens is 1. The van der Waals surface area contributed by atoms with Crippen molar-refractivity contribution in [3.63, 3.8) is 0 Å². The van der Waals surface area contributed by atoms with Crippen LogP contribution in [0.2, 0.25) is 0 Å². The van der Waals surface area contributed by atoms with Crippen LogP contribution in [-0.2, 0) is 11.3 Å². The van der Waals surface area contributed by atoms with Crippen molar-refractivity contribution < 1.29 is 9.18 Å². The molecule has 1 saturated carbocycles. The van der Waals surface area contributed by atoms with Gasteiger partial charge >= 0.3 is 0 Å². The number of amides is 1. The zero-order valence-corrected chi connectivity index (χ0v) is 15.6. The van der Waals surface area contributed by atoms with E-state index >= 15 is 0 Å². The van der Waals surface area contributed by atoms with Crippen LogP contribution in [0.4, 0.5) is 4.39 Å². The van der Waals surface area contributed by atoms with Gasteiger partial charge in [-0.25, -0.2) is 14.1 Å². The highest BCUT2D eigenvalue weighted by atomic mass is 19.1. The van der Waals surface area contributed by atoms with Crippen molar-refractivity contribution in [1.82, 2.24) is 24.6 Å². The minimum Gasteiger partial charge on any atom is -0.352 e. The predicted molar refractivity (Wildman–Crippen MR) is 103 cm³/mol. The average molecular weight is 383 g/mol. The number of hydrogen-bond acceptors (Lipinski definition) is 4. The Balaban J connectivity index is 1.56. The smallest absolute Gasteiger partial charge is 0.264 e. The third kappa shape index (κ3) is 3.54. The Bertz CT molecular complexity index is 1060. The van der Waals surface area contributed by atoms with Crippen molar-refractivity contribution >= 4 is 16.9 Å². The molecule has 0 spiro atoms. The zero-order chi connectivity index (χ0) is 19.7. The van der Waals surface area contributed by atoms with E-state index in [2.05, 4.69) is 22.3 Å². The molecule has 1 aromatic carbocycles. The summed E-state index contributed by atoms with van der Waals surface area (Å²) in [4.78, 5) is 29.5. The lowest BCUT2D eigenvalue weighted by Gasteiger charge is -2.29. The van der Waals surface area contributed by atoms with Crippen LogP contribution >= 0.6 is 0 Å². The van der Waals surface area contributed by atoms with Gasteiger partial charge in [0.2, 0.25) is 5.91 Å². The maximum absolute atomic E-state index is 13.1. The molecule has 1 aliphatic carbocycles. The van der Waals surface area contributed by atoms with E-state index in [0.717, 1.165) is 19.3 Å². The fourth-order valence-corrected chi connectivity index (χ4v) is 3.77. The molecule has 0 aliphatic heterocycles. The molecule has 146 valence electrons. The predicted octanol–water partition coefficient (Wildman–Crippen LogP) is 2.42. The van der Waals surface area contributed by atoms with Crippen molar-refractivity contribution in [2.45, 2.75) is 45.2 Å². The SMILES string of the molecule is C[C@H]1CCCC[C@@H]1NC(=O)Cn1cnc2c(cnn2-c2ccc(F)cc2)c1=O. The summed E-state index contributed by atoms with van der Waals surface area (Å²) in [6, 6.07) is 5.93. The third-order valence-electron chi connectivity index (χ3n) is 5.40. The Labute approximate surface area is 161 Å². The number of nitrogens with one attached hydrogen (secondary N) is 1. The topological polar surface area (TPSA) is 81.8 Å². The monoisotopic (exact) mass is 383 g/mol. The van der Waals surface area contributed by atoms with Gasteiger partial charge in [0.1, 0.15) is 24.1 Å². The Morgan fingerprint density at radius 3 is 2.75 bits per heavy atom. The second-order valence-electron chi connectivity index (χ2n) is 7.38. The number of carbonyl (C=O) groups excluding carboxylic acids is 1. The van der Waals surface area contributed by atoms with Gasteiger partial charge in [0.25, 0.3) is 5.56 Å². The van der Waals surface area contributed by atoms with Gasteiger partial charge in [-0.05, 0) is 43.0 Å². The molecular weight excluding hydrogens is 361 g/mol. The Hall–Kier alpha value is -3.03. The van der Waals surface area contributed by atoms with Crippen molar-refractivity contribution in [2.24, 2.45) is 5.92 Å². The van der Waals surface area contributed by atoms with E-state index in [1.54, 1.807) is 12.1 Å². The van der Waals surface area contributed by atoms with Gasteiger partial charge in [0.15, 0.2) is 5.65 Å². The van der Waals surface area contributed by atoms with E-state index in [9.17, 15) is 14.0 Å². The average Bonchev–Trinajstić information content (AvgIpc) is 3.11. The first-order valence-electron chi connectivity index (χ1n) is 9.51. The van der Waals surface area contributed by atoms with E-state index in [-0.39, 0.29) is 29.9 Å². The molecule has 7 nitrogen and oxygen atoms in total. The largest absolute Gasteiger partial charge is 0.352 e. The van der Waals surface area contributed by atoms with Crippen LogP contribution in [0.25, 0.3) is 16.7 Å². The quantitative estimate of drug-likeness (QED) is 0.750. The van der Waals surface area contributed by atoms with Gasteiger partial charge in [-0.3, -0.25) is 14.2 Å². The van der Waals surface area contributed by atoms with Crippen molar-refractivity contribution in [3.05, 3.63) is 53.0 Å². The molecule has 4 rings (SSSR count). The highest BCUT2D eigenvalue weighted by molar-refractivity contribution is 5.78. The van der Waals surface area contributed by atoms with Gasteiger partial charge in [-0.1, -0.05) is 19.8 Å². The molecule has 2 atom stereocenters. The molecule has 2 heterocycles. The Morgan fingerprint density at radius 2 is 2.00 bits per heavy atom. The van der Waals surface area contributed by atoms with Crippen LogP contribution in [0.1, 0.15) is 32.6 Å². The first kappa shape index (κ1) is 18.3. The molecule has 0 radical (unpaired) electrons.